The van der Waals surface area contributed by atoms with E-state index in [0.717, 1.165) is 32.5 Å². The summed E-state index contributed by atoms with van der Waals surface area (Å²) in [6.07, 6.45) is 3.51. The number of benzene rings is 1. The number of nitrogens with two attached hydrogens (primary N) is 1. The second-order valence-electron chi connectivity index (χ2n) is 6.39. The molecule has 0 saturated carbocycles. The second kappa shape index (κ2) is 10.4. The second-order valence-corrected chi connectivity index (χ2v) is 6.39. The summed E-state index contributed by atoms with van der Waals surface area (Å²) in [7, 11) is 1.87. The van der Waals surface area contributed by atoms with Gasteiger partial charge in [-0.1, -0.05) is 30.3 Å². The number of hydrogen-bond donors (Lipinski definition) is 1. The number of likely N-dealkylation sites (tertiary alicyclic amines) is 1. The molecule has 1 aliphatic heterocycles. The predicted molar refractivity (Wildman–Crippen MR) is 110 cm³/mol. The number of aromatic nitrogens is 1. The molecule has 1 aromatic heterocycles. The van der Waals surface area contributed by atoms with Crippen LogP contribution in [-0.2, 0) is 6.54 Å². The van der Waals surface area contributed by atoms with Gasteiger partial charge < -0.3 is 10.6 Å². The normalized spacial score (nSPS) is 14.8. The van der Waals surface area contributed by atoms with Crippen molar-refractivity contribution in [2.75, 3.05) is 25.9 Å². The first-order chi connectivity index (χ1) is 11.6. The maximum atomic E-state index is 12.5. The minimum absolute atomic E-state index is 0. The third kappa shape index (κ3) is 5.59. The first kappa shape index (κ1) is 22.2. The monoisotopic (exact) mass is 396 g/mol. The molecule has 142 valence electrons. The third-order valence-electron chi connectivity index (χ3n) is 4.68. The molecule has 1 fully saturated rings. The van der Waals surface area contributed by atoms with Crippen LogP contribution in [-0.4, -0.2) is 46.9 Å². The molecule has 2 heterocycles. The maximum absolute atomic E-state index is 12.5. The first-order valence-corrected chi connectivity index (χ1v) is 8.38. The largest absolute Gasteiger partial charge is 0.397 e. The summed E-state index contributed by atoms with van der Waals surface area (Å²) in [6.45, 7) is 2.99. The van der Waals surface area contributed by atoms with E-state index in [-0.39, 0.29) is 36.8 Å². The molecule has 2 N–H and O–H groups in total. The zero-order valence-electron chi connectivity index (χ0n) is 14.9. The molecule has 1 saturated heterocycles. The third-order valence-corrected chi connectivity index (χ3v) is 4.68. The lowest BCUT2D eigenvalue weighted by Gasteiger charge is -2.36. The topological polar surface area (TPSA) is 62.5 Å². The number of rotatable bonds is 4. The number of pyridine rings is 1. The molecule has 3 rings (SSSR count). The number of anilines is 1. The SMILES string of the molecule is CN(C(=O)c1ccc(N)cn1)C1CCN(Cc2ccccc2)CC1.Cl.Cl. The molecule has 1 amide bonds. The van der Waals surface area contributed by atoms with Crippen molar-refractivity contribution in [1.29, 1.82) is 0 Å². The zero-order valence-corrected chi connectivity index (χ0v) is 16.5. The molecule has 1 aromatic carbocycles. The molecule has 0 unspecified atom stereocenters. The maximum Gasteiger partial charge on any atom is 0.272 e. The standard InChI is InChI=1S/C19H24N4O.2ClH/c1-22(19(24)18-8-7-16(20)13-21-18)17-9-11-23(12-10-17)14-15-5-3-2-4-6-15;;/h2-8,13,17H,9-12,14,20H2,1H3;2*1H. The van der Waals surface area contributed by atoms with Gasteiger partial charge in [0.15, 0.2) is 0 Å². The van der Waals surface area contributed by atoms with Crippen LogP contribution in [0.25, 0.3) is 0 Å². The Balaban J connectivity index is 0.00000169. The van der Waals surface area contributed by atoms with Gasteiger partial charge in [0, 0.05) is 32.7 Å². The van der Waals surface area contributed by atoms with Gasteiger partial charge in [-0.2, -0.15) is 0 Å². The smallest absolute Gasteiger partial charge is 0.272 e. The summed E-state index contributed by atoms with van der Waals surface area (Å²) < 4.78 is 0. The summed E-state index contributed by atoms with van der Waals surface area (Å²) in [5.41, 5.74) is 8.00. The lowest BCUT2D eigenvalue weighted by Crippen LogP contribution is -2.45. The van der Waals surface area contributed by atoms with Gasteiger partial charge in [0.1, 0.15) is 5.69 Å². The van der Waals surface area contributed by atoms with Crippen LogP contribution in [0.2, 0.25) is 0 Å². The molecular formula is C19H26Cl2N4O. The molecule has 0 bridgehead atoms. The van der Waals surface area contributed by atoms with Crippen molar-refractivity contribution in [1.82, 2.24) is 14.8 Å². The van der Waals surface area contributed by atoms with E-state index in [1.165, 1.54) is 11.8 Å². The molecular weight excluding hydrogens is 371 g/mol. The molecule has 0 radical (unpaired) electrons. The Hall–Kier alpha value is -1.82. The fraction of sp³-hybridized carbons (Fsp3) is 0.368. The van der Waals surface area contributed by atoms with Crippen LogP contribution in [0.1, 0.15) is 28.9 Å². The van der Waals surface area contributed by atoms with Crippen LogP contribution in [0, 0.1) is 0 Å². The van der Waals surface area contributed by atoms with Gasteiger partial charge in [0.25, 0.3) is 5.91 Å². The van der Waals surface area contributed by atoms with Crippen molar-refractivity contribution < 1.29 is 4.79 Å². The van der Waals surface area contributed by atoms with Crippen LogP contribution in [0.3, 0.4) is 0 Å². The molecule has 0 aliphatic carbocycles. The van der Waals surface area contributed by atoms with Crippen LogP contribution >= 0.6 is 24.8 Å². The number of carbonyl (C=O) groups excluding carboxylic acids is 1. The van der Waals surface area contributed by atoms with Crippen molar-refractivity contribution in [2.45, 2.75) is 25.4 Å². The zero-order chi connectivity index (χ0) is 16.9. The van der Waals surface area contributed by atoms with Crippen molar-refractivity contribution in [3.63, 3.8) is 0 Å². The number of nitrogen functional groups attached to an aromatic ring is 1. The number of carbonyl (C=O) groups is 1. The van der Waals surface area contributed by atoms with Crippen LogP contribution in [0.15, 0.2) is 48.7 Å². The number of halogens is 2. The van der Waals surface area contributed by atoms with Crippen molar-refractivity contribution in [2.24, 2.45) is 0 Å². The molecule has 0 atom stereocenters. The van der Waals surface area contributed by atoms with Crippen molar-refractivity contribution in [3.8, 4) is 0 Å². The molecule has 26 heavy (non-hydrogen) atoms. The van der Waals surface area contributed by atoms with Gasteiger partial charge in [-0.25, -0.2) is 4.98 Å². The summed E-state index contributed by atoms with van der Waals surface area (Å²) in [5, 5.41) is 0. The van der Waals surface area contributed by atoms with E-state index >= 15 is 0 Å². The average molecular weight is 397 g/mol. The van der Waals surface area contributed by atoms with Crippen molar-refractivity contribution in [3.05, 3.63) is 59.9 Å². The van der Waals surface area contributed by atoms with Gasteiger partial charge in [-0.3, -0.25) is 9.69 Å². The Kier molecular flexibility index (Phi) is 8.85. The van der Waals surface area contributed by atoms with E-state index in [2.05, 4.69) is 34.1 Å². The van der Waals surface area contributed by atoms with Gasteiger partial charge in [-0.05, 0) is 30.5 Å². The Morgan fingerprint density at radius 1 is 1.15 bits per heavy atom. The lowest BCUT2D eigenvalue weighted by molar-refractivity contribution is 0.0631. The molecule has 0 spiro atoms. The quantitative estimate of drug-likeness (QED) is 0.861. The predicted octanol–water partition coefficient (Wildman–Crippen LogP) is 3.24. The number of hydrogen-bond acceptors (Lipinski definition) is 4. The van der Waals surface area contributed by atoms with Gasteiger partial charge in [0.2, 0.25) is 0 Å². The van der Waals surface area contributed by atoms with Crippen molar-refractivity contribution >= 4 is 36.4 Å². The highest BCUT2D eigenvalue weighted by Crippen LogP contribution is 2.19. The van der Waals surface area contributed by atoms with E-state index in [1.54, 1.807) is 12.1 Å². The Morgan fingerprint density at radius 3 is 2.38 bits per heavy atom. The minimum Gasteiger partial charge on any atom is -0.397 e. The highest BCUT2D eigenvalue weighted by Gasteiger charge is 2.26. The highest BCUT2D eigenvalue weighted by atomic mass is 35.5. The van der Waals surface area contributed by atoms with E-state index in [4.69, 9.17) is 5.73 Å². The summed E-state index contributed by atoms with van der Waals surface area (Å²) in [6, 6.07) is 14.2. The first-order valence-electron chi connectivity index (χ1n) is 8.38. The van der Waals surface area contributed by atoms with E-state index in [9.17, 15) is 4.79 Å². The number of nitrogens with zero attached hydrogens (tertiary/aromatic N) is 3. The Morgan fingerprint density at radius 2 is 1.81 bits per heavy atom. The fourth-order valence-corrected chi connectivity index (χ4v) is 3.18. The van der Waals surface area contributed by atoms with E-state index in [0.29, 0.717) is 11.4 Å². The molecule has 2 aromatic rings. The molecule has 5 nitrogen and oxygen atoms in total. The molecule has 1 aliphatic rings. The Bertz CT molecular complexity index is 674. The number of amides is 1. The molecule has 7 heteroatoms. The average Bonchev–Trinajstić information content (AvgIpc) is 2.63. The Labute approximate surface area is 167 Å². The van der Waals surface area contributed by atoms with E-state index in [1.807, 2.05) is 18.0 Å². The number of piperidine rings is 1. The minimum atomic E-state index is -0.0310. The fourth-order valence-electron chi connectivity index (χ4n) is 3.18. The van der Waals surface area contributed by atoms with Gasteiger partial charge >= 0.3 is 0 Å². The van der Waals surface area contributed by atoms with Crippen LogP contribution < -0.4 is 5.73 Å². The van der Waals surface area contributed by atoms with Crippen LogP contribution in [0.5, 0.6) is 0 Å². The lowest BCUT2D eigenvalue weighted by atomic mass is 10.0. The summed E-state index contributed by atoms with van der Waals surface area (Å²) in [5.74, 6) is -0.0310. The van der Waals surface area contributed by atoms with Gasteiger partial charge in [0.05, 0.1) is 11.9 Å². The van der Waals surface area contributed by atoms with E-state index < -0.39 is 0 Å². The highest BCUT2D eigenvalue weighted by molar-refractivity contribution is 5.92. The summed E-state index contributed by atoms with van der Waals surface area (Å²) >= 11 is 0. The van der Waals surface area contributed by atoms with Gasteiger partial charge in [-0.15, -0.1) is 24.8 Å². The summed E-state index contributed by atoms with van der Waals surface area (Å²) in [4.78, 5) is 21.0. The van der Waals surface area contributed by atoms with Crippen LogP contribution in [0.4, 0.5) is 5.69 Å².